The van der Waals surface area contributed by atoms with Crippen molar-refractivity contribution in [2.45, 2.75) is 29.4 Å². The van der Waals surface area contributed by atoms with Gasteiger partial charge in [-0.15, -0.1) is 0 Å². The molecule has 2 aliphatic carbocycles. The van der Waals surface area contributed by atoms with Gasteiger partial charge in [-0.25, -0.2) is 16.8 Å². The first-order chi connectivity index (χ1) is 15.3. The first-order valence-electron chi connectivity index (χ1n) is 9.00. The van der Waals surface area contributed by atoms with Crippen LogP contribution in [0.3, 0.4) is 0 Å². The molecule has 0 aromatic heterocycles. The molecule has 36 heavy (non-hydrogen) atoms. The van der Waals surface area contributed by atoms with Gasteiger partial charge in [0.15, 0.2) is 11.6 Å². The van der Waals surface area contributed by atoms with Gasteiger partial charge in [-0.05, 0) is 24.6 Å². The second-order valence-corrected chi connectivity index (χ2v) is 13.8. The summed E-state index contributed by atoms with van der Waals surface area (Å²) in [6.07, 6.45) is 1.08. The van der Waals surface area contributed by atoms with Gasteiger partial charge in [0.1, 0.15) is 4.75 Å². The van der Waals surface area contributed by atoms with Gasteiger partial charge in [0.05, 0.1) is 4.90 Å². The van der Waals surface area contributed by atoms with Crippen LogP contribution in [0, 0.1) is 0 Å². The normalized spacial score (nSPS) is 20.2. The summed E-state index contributed by atoms with van der Waals surface area (Å²) in [4.78, 5) is 25.3. The van der Waals surface area contributed by atoms with Gasteiger partial charge < -0.3 is 0 Å². The third-order valence-electron chi connectivity index (χ3n) is 5.23. The Morgan fingerprint density at radius 3 is 1.92 bits per heavy atom. The number of fused-ring (bicyclic) bond motifs is 1. The molecule has 0 saturated carbocycles. The number of allylic oxidation sites excluding steroid dienone is 3. The van der Waals surface area contributed by atoms with Crippen LogP contribution in [0.25, 0.3) is 0 Å². The van der Waals surface area contributed by atoms with Crippen LogP contribution in [0.1, 0.15) is 40.5 Å². The van der Waals surface area contributed by atoms with E-state index in [0.717, 1.165) is 38.6 Å². The van der Waals surface area contributed by atoms with E-state index in [1.165, 1.54) is 6.92 Å². The van der Waals surface area contributed by atoms with E-state index in [-0.39, 0.29) is 82.2 Å². The Kier molecular flexibility index (Phi) is 10.3. The van der Waals surface area contributed by atoms with Crippen LogP contribution in [0.5, 0.6) is 0 Å². The molecule has 0 bridgehead atoms. The average Bonchev–Trinajstić information content (AvgIpc) is 2.67. The fourth-order valence-corrected chi connectivity index (χ4v) is 8.36. The molecule has 1 unspecified atom stereocenters. The van der Waals surface area contributed by atoms with Crippen LogP contribution < -0.4 is 8.25 Å². The Morgan fingerprint density at radius 1 is 0.861 bits per heavy atom. The van der Waals surface area contributed by atoms with E-state index in [9.17, 15) is 43.3 Å². The molecule has 1 atom stereocenters. The predicted octanol–water partition coefficient (Wildman–Crippen LogP) is -2.02. The molecule has 1 aromatic rings. The van der Waals surface area contributed by atoms with Crippen molar-refractivity contribution in [2.75, 3.05) is 0 Å². The molecule has 0 aliphatic heterocycles. The molecule has 4 N–H and O–H groups in total. The van der Waals surface area contributed by atoms with Gasteiger partial charge >= 0.3 is 79.7 Å². The van der Waals surface area contributed by atoms with Gasteiger partial charge in [-0.1, -0.05) is 27.3 Å². The van der Waals surface area contributed by atoms with Gasteiger partial charge in [0, 0.05) is 28.7 Å². The van der Waals surface area contributed by atoms with Gasteiger partial charge in [0.2, 0.25) is 10.0 Å². The fraction of sp³-hybridized carbons (Fsp3) is 0.250. The number of benzene rings is 1. The minimum absolute atomic E-state index is 0. The average molecular weight is 605 g/mol. The minimum atomic E-state index is -5.18. The maximum atomic E-state index is 13.1. The van der Waals surface area contributed by atoms with E-state index in [1.807, 2.05) is 0 Å². The number of Topliss-reactive ketones (excluding diaryl/α,β-unsaturated/α-hetero) is 2. The first kappa shape index (κ1) is 33.7. The molecule has 0 spiro atoms. The molecule has 0 radical (unpaired) electrons. The molecule has 190 valence electrons. The molecule has 3 rings (SSSR count). The number of hydrogen-bond acceptors (Lipinski definition) is 10. The van der Waals surface area contributed by atoms with Crippen molar-refractivity contribution in [3.8, 4) is 0 Å². The van der Waals surface area contributed by atoms with E-state index in [2.05, 4.69) is 0 Å². The van der Waals surface area contributed by atoms with Gasteiger partial charge in [-0.2, -0.15) is 16.8 Å². The van der Waals surface area contributed by atoms with E-state index in [0.29, 0.717) is 0 Å². The molecule has 2 aliphatic rings. The SMILES string of the molecule is CCC1(S(=O)(=O)NS(=O)(=O)O)C=CC2=C(C1)C(=O)c1ccc(S(=O)(=O)NS(=O)(=O)O)cc1C2=O.[NaH].[NaH]. The Bertz CT molecular complexity index is 1630. The zero-order valence-electron chi connectivity index (χ0n) is 16.9. The number of hydrogen-bond donors (Lipinski definition) is 4. The third-order valence-corrected chi connectivity index (χ3v) is 11.2. The number of carbonyl (C=O) groups excluding carboxylic acids is 2. The molecule has 0 amide bonds. The zero-order chi connectivity index (χ0) is 25.9. The second kappa shape index (κ2) is 11.0. The van der Waals surface area contributed by atoms with Crippen molar-refractivity contribution in [1.82, 2.24) is 8.25 Å². The quantitative estimate of drug-likeness (QED) is 0.195. The molecule has 1 aromatic carbocycles. The Balaban J connectivity index is 0.00000324. The molecule has 0 fully saturated rings. The Hall–Kier alpha value is -0.320. The van der Waals surface area contributed by atoms with Crippen molar-refractivity contribution in [2.24, 2.45) is 0 Å². The maximum absolute atomic E-state index is 13.1. The number of carbonyl (C=O) groups is 2. The van der Waals surface area contributed by atoms with Crippen LogP contribution in [-0.2, 0) is 40.7 Å². The van der Waals surface area contributed by atoms with Crippen molar-refractivity contribution >= 4 is 111 Å². The van der Waals surface area contributed by atoms with E-state index >= 15 is 0 Å². The van der Waals surface area contributed by atoms with Gasteiger partial charge in [-0.3, -0.25) is 18.7 Å². The topological polar surface area (TPSA) is 235 Å². The van der Waals surface area contributed by atoms with E-state index < -0.39 is 73.8 Å². The molecule has 20 heteroatoms. The Morgan fingerprint density at radius 2 is 1.42 bits per heavy atom. The summed E-state index contributed by atoms with van der Waals surface area (Å²) in [6.45, 7) is 1.38. The Labute approximate surface area is 251 Å². The second-order valence-electron chi connectivity index (χ2n) is 7.31. The molecule has 14 nitrogen and oxygen atoms in total. The predicted molar refractivity (Wildman–Crippen MR) is 129 cm³/mol. The summed E-state index contributed by atoms with van der Waals surface area (Å²) in [5, 5.41) is 0. The molecule has 0 heterocycles. The number of rotatable bonds is 7. The third kappa shape index (κ3) is 6.63. The summed E-state index contributed by atoms with van der Waals surface area (Å²) in [6, 6.07) is 2.43. The van der Waals surface area contributed by atoms with E-state index in [4.69, 9.17) is 9.11 Å². The summed E-state index contributed by atoms with van der Waals surface area (Å²) < 4.78 is 111. The number of sulfonamides is 2. The van der Waals surface area contributed by atoms with Crippen LogP contribution in [0.2, 0.25) is 0 Å². The van der Waals surface area contributed by atoms with Crippen LogP contribution in [0.15, 0.2) is 46.4 Å². The van der Waals surface area contributed by atoms with Crippen LogP contribution in [0.4, 0.5) is 0 Å². The van der Waals surface area contributed by atoms with Crippen molar-refractivity contribution in [1.29, 1.82) is 0 Å². The van der Waals surface area contributed by atoms with Crippen LogP contribution >= 0.6 is 0 Å². The monoisotopic (exact) mass is 604 g/mol. The van der Waals surface area contributed by atoms with E-state index in [1.54, 1.807) is 0 Å². The summed E-state index contributed by atoms with van der Waals surface area (Å²) >= 11 is 0. The fourth-order valence-electron chi connectivity index (χ4n) is 3.61. The zero-order valence-corrected chi connectivity index (χ0v) is 20.2. The summed E-state index contributed by atoms with van der Waals surface area (Å²) in [5.74, 6) is -1.73. The van der Waals surface area contributed by atoms with Gasteiger partial charge in [0.25, 0.3) is 10.0 Å². The number of nitrogens with one attached hydrogen (secondary N) is 2. The van der Waals surface area contributed by atoms with Crippen molar-refractivity contribution < 1.29 is 52.4 Å². The summed E-state index contributed by atoms with van der Waals surface area (Å²) in [7, 11) is -20.0. The molecular formula is C16H18N2Na2O12S4. The first-order valence-corrected chi connectivity index (χ1v) is 14.8. The van der Waals surface area contributed by atoms with Crippen molar-refractivity contribution in [3.05, 3.63) is 52.6 Å². The molecule has 0 saturated heterocycles. The number of ketones is 2. The summed E-state index contributed by atoms with van der Waals surface area (Å²) in [5.41, 5.74) is -1.29. The molecular weight excluding hydrogens is 586 g/mol. The van der Waals surface area contributed by atoms with Crippen LogP contribution in [-0.4, -0.2) is 118 Å². The standard InChI is InChI=1S/C16H16N2O12S4.2Na.2H/c1-2-16(32(23,24)18-34(28,29)30)6-5-11-13(8-16)15(20)10-4-3-9(7-12(10)14(11)19)31(21,22)17-33(25,26)27;;;;/h3-7,17-18H,2,8H2,1H3,(H,25,26,27)(H,28,29,30);;;;. The van der Waals surface area contributed by atoms with Crippen molar-refractivity contribution in [3.63, 3.8) is 0 Å².